The molecule has 2 heterocycles. The van der Waals surface area contributed by atoms with E-state index in [1.165, 1.54) is 31.4 Å². The van der Waals surface area contributed by atoms with E-state index in [0.29, 0.717) is 10.6 Å². The molecule has 3 aromatic carbocycles. The second kappa shape index (κ2) is 8.79. The van der Waals surface area contributed by atoms with Gasteiger partial charge in [-0.2, -0.15) is 0 Å². The summed E-state index contributed by atoms with van der Waals surface area (Å²) in [6.07, 6.45) is 0. The minimum Gasteiger partial charge on any atom is -0.495 e. The Labute approximate surface area is 206 Å². The van der Waals surface area contributed by atoms with Crippen LogP contribution in [0.4, 0.5) is 10.1 Å². The predicted octanol–water partition coefficient (Wildman–Crippen LogP) is 4.06. The van der Waals surface area contributed by atoms with Gasteiger partial charge in [-0.15, -0.1) is 0 Å². The lowest BCUT2D eigenvalue weighted by Crippen LogP contribution is -2.48. The van der Waals surface area contributed by atoms with Crippen molar-refractivity contribution in [2.75, 3.05) is 12.0 Å². The fraction of sp³-hybridized carbons (Fsp3) is 0.192. The molecule has 0 spiro atoms. The number of rotatable bonds is 4. The van der Waals surface area contributed by atoms with Crippen LogP contribution in [0.3, 0.4) is 0 Å². The average molecular weight is 494 g/mol. The highest BCUT2D eigenvalue weighted by molar-refractivity contribution is 6.32. The Hall–Kier alpha value is -3.75. The van der Waals surface area contributed by atoms with E-state index in [-0.39, 0.29) is 17.0 Å². The van der Waals surface area contributed by atoms with Crippen molar-refractivity contribution in [1.82, 2.24) is 10.4 Å². The number of methoxy groups -OCH3 is 1. The first kappa shape index (κ1) is 23.0. The number of imide groups is 1. The SMILES string of the molecule is COc1ccc(Cl)cc1N1C(=O)[C@@H]2[C@@H](c3ccccc3F)NN(C(=O)c3ccc(C)cc3)[C@@H]2C1=O. The van der Waals surface area contributed by atoms with Crippen LogP contribution in [-0.2, 0) is 9.59 Å². The summed E-state index contributed by atoms with van der Waals surface area (Å²) in [6.45, 7) is 1.89. The topological polar surface area (TPSA) is 79.0 Å². The lowest BCUT2D eigenvalue weighted by atomic mass is 9.90. The molecule has 2 aliphatic rings. The highest BCUT2D eigenvalue weighted by atomic mass is 35.5. The molecule has 0 saturated carbocycles. The van der Waals surface area contributed by atoms with Crippen LogP contribution in [0.15, 0.2) is 66.7 Å². The first-order chi connectivity index (χ1) is 16.8. The molecular weight excluding hydrogens is 473 g/mol. The van der Waals surface area contributed by atoms with E-state index < -0.39 is 41.5 Å². The maximum absolute atomic E-state index is 14.8. The number of carbonyl (C=O) groups is 3. The zero-order valence-corrected chi connectivity index (χ0v) is 19.6. The minimum absolute atomic E-state index is 0.166. The second-order valence-electron chi connectivity index (χ2n) is 8.47. The van der Waals surface area contributed by atoms with Crippen molar-refractivity contribution >= 4 is 35.0 Å². The number of ether oxygens (including phenoxy) is 1. The van der Waals surface area contributed by atoms with Gasteiger partial charge in [-0.3, -0.25) is 19.4 Å². The Morgan fingerprint density at radius 3 is 2.43 bits per heavy atom. The third-order valence-electron chi connectivity index (χ3n) is 6.37. The Balaban J connectivity index is 1.62. The molecule has 7 nitrogen and oxygen atoms in total. The van der Waals surface area contributed by atoms with E-state index in [0.717, 1.165) is 15.5 Å². The molecule has 178 valence electrons. The van der Waals surface area contributed by atoms with Crippen molar-refractivity contribution in [2.45, 2.75) is 19.0 Å². The number of aryl methyl sites for hydroxylation is 1. The van der Waals surface area contributed by atoms with E-state index >= 15 is 0 Å². The normalized spacial score (nSPS) is 21.4. The van der Waals surface area contributed by atoms with Crippen molar-refractivity contribution in [3.8, 4) is 5.75 Å². The minimum atomic E-state index is -1.19. The number of nitrogens with zero attached hydrogens (tertiary/aromatic N) is 2. The van der Waals surface area contributed by atoms with Gasteiger partial charge in [0.25, 0.3) is 11.8 Å². The van der Waals surface area contributed by atoms with Crippen LogP contribution < -0.4 is 15.1 Å². The smallest absolute Gasteiger partial charge is 0.268 e. The fourth-order valence-corrected chi connectivity index (χ4v) is 4.84. The van der Waals surface area contributed by atoms with E-state index in [1.54, 1.807) is 42.5 Å². The standard InChI is InChI=1S/C26H21ClFN3O4/c1-14-7-9-15(10-8-14)24(32)31-23-21(22(29-31)17-5-3-4-6-18(17)28)25(33)30(26(23)34)19-13-16(27)11-12-20(19)35-2/h3-13,21-23,29H,1-2H3/t21-,22-,23+/m1/s1. The van der Waals surface area contributed by atoms with Crippen molar-refractivity contribution in [2.24, 2.45) is 5.92 Å². The summed E-state index contributed by atoms with van der Waals surface area (Å²) >= 11 is 6.15. The van der Waals surface area contributed by atoms with Crippen LogP contribution in [0.2, 0.25) is 5.02 Å². The van der Waals surface area contributed by atoms with Crippen LogP contribution in [0.1, 0.15) is 27.5 Å². The van der Waals surface area contributed by atoms with Crippen LogP contribution in [0.25, 0.3) is 0 Å². The lowest BCUT2D eigenvalue weighted by molar-refractivity contribution is -0.123. The molecule has 2 fully saturated rings. The summed E-state index contributed by atoms with van der Waals surface area (Å²) < 4.78 is 20.2. The molecule has 3 aromatic rings. The van der Waals surface area contributed by atoms with Gasteiger partial charge in [0.2, 0.25) is 5.91 Å². The first-order valence-electron chi connectivity index (χ1n) is 10.9. The molecule has 3 amide bonds. The van der Waals surface area contributed by atoms with Crippen molar-refractivity contribution in [3.05, 3.63) is 94.3 Å². The largest absolute Gasteiger partial charge is 0.495 e. The zero-order valence-electron chi connectivity index (χ0n) is 18.9. The number of fused-ring (bicyclic) bond motifs is 1. The summed E-state index contributed by atoms with van der Waals surface area (Å²) in [7, 11) is 1.41. The number of anilines is 1. The maximum Gasteiger partial charge on any atom is 0.268 e. The van der Waals surface area contributed by atoms with Gasteiger partial charge in [0, 0.05) is 16.1 Å². The van der Waals surface area contributed by atoms with Crippen LogP contribution in [-0.4, -0.2) is 35.9 Å². The Morgan fingerprint density at radius 2 is 1.74 bits per heavy atom. The molecule has 2 aliphatic heterocycles. The molecule has 35 heavy (non-hydrogen) atoms. The lowest BCUT2D eigenvalue weighted by Gasteiger charge is -2.26. The van der Waals surface area contributed by atoms with E-state index in [4.69, 9.17) is 16.3 Å². The van der Waals surface area contributed by atoms with Gasteiger partial charge in [0.1, 0.15) is 17.6 Å². The van der Waals surface area contributed by atoms with Gasteiger partial charge in [-0.05, 0) is 43.3 Å². The second-order valence-corrected chi connectivity index (χ2v) is 8.90. The van der Waals surface area contributed by atoms with E-state index in [1.807, 2.05) is 6.92 Å². The quantitative estimate of drug-likeness (QED) is 0.555. The third kappa shape index (κ3) is 3.75. The number of hydrogen-bond donors (Lipinski definition) is 1. The molecule has 1 N–H and O–H groups in total. The van der Waals surface area contributed by atoms with Crippen molar-refractivity contribution < 1.29 is 23.5 Å². The summed E-state index contributed by atoms with van der Waals surface area (Å²) in [5.41, 5.74) is 4.59. The average Bonchev–Trinajstić information content (AvgIpc) is 3.36. The van der Waals surface area contributed by atoms with Gasteiger partial charge in [-0.25, -0.2) is 14.7 Å². The molecular formula is C26H21ClFN3O4. The number of amides is 3. The van der Waals surface area contributed by atoms with Gasteiger partial charge in [0.05, 0.1) is 24.8 Å². The van der Waals surface area contributed by atoms with E-state index in [2.05, 4.69) is 5.43 Å². The number of hydrazine groups is 1. The van der Waals surface area contributed by atoms with Crippen molar-refractivity contribution in [1.29, 1.82) is 0 Å². The number of benzene rings is 3. The van der Waals surface area contributed by atoms with Gasteiger partial charge < -0.3 is 4.74 Å². The number of halogens is 2. The molecule has 2 saturated heterocycles. The summed E-state index contributed by atoms with van der Waals surface area (Å²) in [6, 6.07) is 15.3. The maximum atomic E-state index is 14.8. The molecule has 0 unspecified atom stereocenters. The van der Waals surface area contributed by atoms with Crippen LogP contribution in [0, 0.1) is 18.7 Å². The highest BCUT2D eigenvalue weighted by Gasteiger charge is 2.61. The number of hydrogen-bond acceptors (Lipinski definition) is 5. The first-order valence-corrected chi connectivity index (χ1v) is 11.3. The molecule has 0 bridgehead atoms. The summed E-state index contributed by atoms with van der Waals surface area (Å²) in [5, 5.41) is 1.44. The fourth-order valence-electron chi connectivity index (χ4n) is 4.67. The Kier molecular flexibility index (Phi) is 5.78. The third-order valence-corrected chi connectivity index (χ3v) is 6.61. The highest BCUT2D eigenvalue weighted by Crippen LogP contribution is 2.45. The van der Waals surface area contributed by atoms with Crippen LogP contribution in [0.5, 0.6) is 5.75 Å². The Bertz CT molecular complexity index is 1350. The number of nitrogens with one attached hydrogen (secondary N) is 1. The predicted molar refractivity (Wildman–Crippen MR) is 127 cm³/mol. The van der Waals surface area contributed by atoms with Gasteiger partial charge in [-0.1, -0.05) is 47.5 Å². The van der Waals surface area contributed by atoms with E-state index in [9.17, 15) is 18.8 Å². The molecule has 3 atom stereocenters. The molecule has 0 aromatic heterocycles. The van der Waals surface area contributed by atoms with Gasteiger partial charge >= 0.3 is 0 Å². The molecule has 0 aliphatic carbocycles. The molecule has 9 heteroatoms. The zero-order chi connectivity index (χ0) is 24.9. The van der Waals surface area contributed by atoms with Crippen molar-refractivity contribution in [3.63, 3.8) is 0 Å². The van der Waals surface area contributed by atoms with Crippen LogP contribution >= 0.6 is 11.6 Å². The number of carbonyl (C=O) groups excluding carboxylic acids is 3. The molecule has 0 radical (unpaired) electrons. The Morgan fingerprint density at radius 1 is 1.03 bits per heavy atom. The summed E-state index contributed by atoms with van der Waals surface area (Å²) in [5.74, 6) is -3.06. The monoisotopic (exact) mass is 493 g/mol. The summed E-state index contributed by atoms with van der Waals surface area (Å²) in [4.78, 5) is 41.9. The van der Waals surface area contributed by atoms with Gasteiger partial charge in [0.15, 0.2) is 0 Å². The molecule has 5 rings (SSSR count).